The van der Waals surface area contributed by atoms with Crippen LogP contribution in [0.3, 0.4) is 0 Å². The van der Waals surface area contributed by atoms with E-state index in [1.807, 2.05) is 26.8 Å². The Balaban J connectivity index is 2.28. The van der Waals surface area contributed by atoms with Gasteiger partial charge in [-0.05, 0) is 31.8 Å². The molecule has 0 aromatic heterocycles. The molecule has 0 fully saturated rings. The predicted octanol–water partition coefficient (Wildman–Crippen LogP) is 3.38. The van der Waals surface area contributed by atoms with Crippen molar-refractivity contribution in [3.63, 3.8) is 0 Å². The van der Waals surface area contributed by atoms with Gasteiger partial charge in [0, 0.05) is 28.7 Å². The van der Waals surface area contributed by atoms with Crippen molar-refractivity contribution in [2.24, 2.45) is 22.7 Å². The summed E-state index contributed by atoms with van der Waals surface area (Å²) in [4.78, 5) is 29.9. The first-order valence-electron chi connectivity index (χ1n) is 9.83. The van der Waals surface area contributed by atoms with Crippen LogP contribution >= 0.6 is 0 Å². The highest BCUT2D eigenvalue weighted by atomic mass is 16.6. The summed E-state index contributed by atoms with van der Waals surface area (Å²) in [6, 6.07) is 0. The highest BCUT2D eigenvalue weighted by molar-refractivity contribution is 6.05. The van der Waals surface area contributed by atoms with Crippen molar-refractivity contribution in [2.75, 3.05) is 14.2 Å². The lowest BCUT2D eigenvalue weighted by Gasteiger charge is -2.52. The highest BCUT2D eigenvalue weighted by Gasteiger charge is 2.60. The third-order valence-corrected chi connectivity index (χ3v) is 6.20. The van der Waals surface area contributed by atoms with E-state index < -0.39 is 17.3 Å². The molecule has 0 saturated heterocycles. The largest absolute Gasteiger partial charge is 0.466 e. The summed E-state index contributed by atoms with van der Waals surface area (Å²) in [6.07, 6.45) is 8.82. The molecule has 5 atom stereocenters. The second-order valence-electron chi connectivity index (χ2n) is 7.72. The van der Waals surface area contributed by atoms with Gasteiger partial charge < -0.3 is 14.2 Å². The quantitative estimate of drug-likeness (QED) is 0.546. The molecular weight excluding hydrogens is 358 g/mol. The number of carbonyl (C=O) groups excluding carboxylic acids is 2. The Labute approximate surface area is 166 Å². The van der Waals surface area contributed by atoms with E-state index >= 15 is 0 Å². The van der Waals surface area contributed by atoms with Gasteiger partial charge in [-0.3, -0.25) is 0 Å². The van der Waals surface area contributed by atoms with Gasteiger partial charge >= 0.3 is 11.9 Å². The molecule has 0 aromatic rings. The maximum atomic E-state index is 12.8. The zero-order chi connectivity index (χ0) is 20.7. The Morgan fingerprint density at radius 1 is 1.29 bits per heavy atom. The molecule has 4 aliphatic rings. The van der Waals surface area contributed by atoms with Gasteiger partial charge in [0.05, 0.1) is 14.2 Å². The molecule has 6 heteroatoms. The van der Waals surface area contributed by atoms with Crippen LogP contribution in [0.2, 0.25) is 0 Å². The van der Waals surface area contributed by atoms with Crippen molar-refractivity contribution in [2.45, 2.75) is 51.9 Å². The molecule has 6 nitrogen and oxygen atoms in total. The van der Waals surface area contributed by atoms with E-state index in [1.165, 1.54) is 14.2 Å². The summed E-state index contributed by atoms with van der Waals surface area (Å²) in [5, 5.41) is 0. The average Bonchev–Trinajstić information content (AvgIpc) is 2.87. The minimum Gasteiger partial charge on any atom is -0.466 e. The van der Waals surface area contributed by atoms with E-state index in [2.05, 4.69) is 13.0 Å². The monoisotopic (exact) mass is 387 g/mol. The van der Waals surface area contributed by atoms with E-state index in [-0.39, 0.29) is 23.7 Å². The van der Waals surface area contributed by atoms with Gasteiger partial charge in [0.2, 0.25) is 0 Å². The van der Waals surface area contributed by atoms with E-state index in [0.29, 0.717) is 12.0 Å². The van der Waals surface area contributed by atoms with Gasteiger partial charge in [-0.25, -0.2) is 14.6 Å². The van der Waals surface area contributed by atoms with Crippen LogP contribution in [0.5, 0.6) is 0 Å². The van der Waals surface area contributed by atoms with Gasteiger partial charge in [-0.15, -0.1) is 0 Å². The Kier molecular flexibility index (Phi) is 5.36. The van der Waals surface area contributed by atoms with Gasteiger partial charge in [0.25, 0.3) is 5.72 Å². The summed E-state index contributed by atoms with van der Waals surface area (Å²) in [5.41, 5.74) is 0.149. The highest BCUT2D eigenvalue weighted by Crippen LogP contribution is 2.54. The number of ether oxygens (including phenoxy) is 3. The van der Waals surface area contributed by atoms with E-state index in [4.69, 9.17) is 19.2 Å². The molecule has 0 N–H and O–H groups in total. The Bertz CT molecular complexity index is 808. The average molecular weight is 387 g/mol. The van der Waals surface area contributed by atoms with Crippen molar-refractivity contribution in [3.8, 4) is 0 Å². The van der Waals surface area contributed by atoms with Crippen LogP contribution in [0.15, 0.2) is 40.4 Å². The molecule has 152 valence electrons. The molecule has 1 aliphatic heterocycles. The fourth-order valence-corrected chi connectivity index (χ4v) is 4.97. The topological polar surface area (TPSA) is 74.2 Å². The summed E-state index contributed by atoms with van der Waals surface area (Å²) >= 11 is 0. The van der Waals surface area contributed by atoms with Crippen molar-refractivity contribution in [1.29, 1.82) is 0 Å². The molecule has 2 bridgehead atoms. The minimum absolute atomic E-state index is 0.0526. The maximum Gasteiger partial charge on any atom is 0.365 e. The number of hydrogen-bond donors (Lipinski definition) is 0. The SMILES string of the molecule is C/C=C/C1(C(=O)OC)N=C(CC)C2=CC3CC(C)C2(O1)C(C)C=C3C(=O)OC. The number of carbonyl (C=O) groups is 2. The van der Waals surface area contributed by atoms with Gasteiger partial charge in [-0.1, -0.05) is 39.0 Å². The van der Waals surface area contributed by atoms with E-state index in [1.54, 1.807) is 12.2 Å². The van der Waals surface area contributed by atoms with Crippen molar-refractivity contribution in [1.82, 2.24) is 0 Å². The molecule has 5 unspecified atom stereocenters. The standard InChI is InChI=1S/C22H29NO5/c1-7-9-21(20(25)27-6)23-18(8-2)17-12-15-10-13(3)22(17,28-21)14(4)11-16(15)19(24)26-5/h7,9,11-15H,8,10H2,1-6H3/b9-7+. The first-order valence-corrected chi connectivity index (χ1v) is 9.83. The van der Waals surface area contributed by atoms with Crippen LogP contribution in [-0.2, 0) is 23.8 Å². The van der Waals surface area contributed by atoms with Crippen LogP contribution in [0.25, 0.3) is 0 Å². The second kappa shape index (κ2) is 7.32. The van der Waals surface area contributed by atoms with Gasteiger partial charge in [0.1, 0.15) is 5.60 Å². The molecular formula is C22H29NO5. The van der Waals surface area contributed by atoms with Crippen LogP contribution in [0, 0.1) is 17.8 Å². The molecule has 0 radical (unpaired) electrons. The normalized spacial score (nSPS) is 36.8. The first-order chi connectivity index (χ1) is 13.3. The van der Waals surface area contributed by atoms with Crippen LogP contribution in [0.4, 0.5) is 0 Å². The van der Waals surface area contributed by atoms with Crippen molar-refractivity contribution >= 4 is 17.7 Å². The lowest BCUT2D eigenvalue weighted by Crippen LogP contribution is -2.60. The van der Waals surface area contributed by atoms with Crippen LogP contribution in [-0.4, -0.2) is 43.2 Å². The summed E-state index contributed by atoms with van der Waals surface area (Å²) in [5.74, 6) is -1.01. The number of aliphatic imine (C=N–C) groups is 1. The van der Waals surface area contributed by atoms with E-state index in [0.717, 1.165) is 17.7 Å². The molecule has 0 saturated carbocycles. The smallest absolute Gasteiger partial charge is 0.365 e. The van der Waals surface area contributed by atoms with Crippen molar-refractivity contribution < 1.29 is 23.8 Å². The van der Waals surface area contributed by atoms with Crippen molar-refractivity contribution in [3.05, 3.63) is 35.5 Å². The molecule has 3 aliphatic carbocycles. The molecule has 4 rings (SSSR count). The third kappa shape index (κ3) is 2.77. The predicted molar refractivity (Wildman–Crippen MR) is 106 cm³/mol. The summed E-state index contributed by atoms with van der Waals surface area (Å²) in [7, 11) is 2.74. The Morgan fingerprint density at radius 2 is 2.00 bits per heavy atom. The molecule has 1 spiro atoms. The fourth-order valence-electron chi connectivity index (χ4n) is 4.97. The third-order valence-electron chi connectivity index (χ3n) is 6.20. The summed E-state index contributed by atoms with van der Waals surface area (Å²) in [6.45, 7) is 7.97. The van der Waals surface area contributed by atoms with Crippen LogP contribution < -0.4 is 0 Å². The fraction of sp³-hybridized carbons (Fsp3) is 0.591. The minimum atomic E-state index is -1.52. The van der Waals surface area contributed by atoms with Gasteiger partial charge in [0.15, 0.2) is 0 Å². The number of esters is 2. The number of hydrogen-bond acceptors (Lipinski definition) is 6. The second-order valence-corrected chi connectivity index (χ2v) is 7.72. The lowest BCUT2D eigenvalue weighted by molar-refractivity contribution is -0.193. The number of methoxy groups -OCH3 is 2. The maximum absolute atomic E-state index is 12.8. The zero-order valence-electron chi connectivity index (χ0n) is 17.4. The van der Waals surface area contributed by atoms with Crippen LogP contribution in [0.1, 0.15) is 40.5 Å². The molecule has 0 amide bonds. The molecule has 28 heavy (non-hydrogen) atoms. The lowest BCUT2D eigenvalue weighted by atomic mass is 9.65. The Morgan fingerprint density at radius 3 is 2.57 bits per heavy atom. The number of nitrogens with zero attached hydrogens (tertiary/aromatic N) is 1. The summed E-state index contributed by atoms with van der Waals surface area (Å²) < 4.78 is 16.7. The number of rotatable bonds is 4. The molecule has 0 aromatic carbocycles. The number of allylic oxidation sites excluding steroid dienone is 2. The Hall–Kier alpha value is -2.21. The van der Waals surface area contributed by atoms with E-state index in [9.17, 15) is 9.59 Å². The molecule has 1 heterocycles. The first kappa shape index (κ1) is 20.5. The number of fused-ring (bicyclic) bond motifs is 2. The zero-order valence-corrected chi connectivity index (χ0v) is 17.4. The van der Waals surface area contributed by atoms with Gasteiger partial charge in [-0.2, -0.15) is 0 Å².